The Morgan fingerprint density at radius 2 is 1.96 bits per heavy atom. The van der Waals surface area contributed by atoms with Gasteiger partial charge in [0.25, 0.3) is 0 Å². The monoisotopic (exact) mass is 337 g/mol. The fourth-order valence-electron chi connectivity index (χ4n) is 3.01. The second kappa shape index (κ2) is 5.96. The van der Waals surface area contributed by atoms with E-state index < -0.39 is 0 Å². The van der Waals surface area contributed by atoms with Crippen LogP contribution in [0.2, 0.25) is 5.02 Å². The van der Waals surface area contributed by atoms with E-state index in [2.05, 4.69) is 39.8 Å². The van der Waals surface area contributed by atoms with Crippen molar-refractivity contribution in [3.05, 3.63) is 58.4 Å². The van der Waals surface area contributed by atoms with Crippen molar-refractivity contribution in [2.45, 2.75) is 39.5 Å². The number of benzene rings is 1. The Morgan fingerprint density at radius 1 is 1.21 bits per heavy atom. The molecule has 0 unspecified atom stereocenters. The number of nitriles is 1. The molecular formula is C20H20ClN3. The minimum atomic E-state index is -0.234. The second-order valence-corrected chi connectivity index (χ2v) is 7.38. The van der Waals surface area contributed by atoms with Gasteiger partial charge in [-0.15, -0.1) is 0 Å². The Kier molecular flexibility index (Phi) is 4.11. The Hall–Kier alpha value is -2.31. The summed E-state index contributed by atoms with van der Waals surface area (Å²) >= 11 is 6.20. The van der Waals surface area contributed by atoms with Gasteiger partial charge in [0.1, 0.15) is 6.07 Å². The van der Waals surface area contributed by atoms with Crippen LogP contribution in [0.3, 0.4) is 0 Å². The SMILES string of the molecule is CCc1ccc2c(-c3cccc(Cl)c3)c(C#N)c(C(C)(C)C)nn12. The first-order chi connectivity index (χ1) is 11.4. The van der Waals surface area contributed by atoms with Crippen LogP contribution in [0.25, 0.3) is 16.6 Å². The van der Waals surface area contributed by atoms with Crippen molar-refractivity contribution in [2.75, 3.05) is 0 Å². The fraction of sp³-hybridized carbons (Fsp3) is 0.300. The van der Waals surface area contributed by atoms with E-state index in [1.54, 1.807) is 0 Å². The molecule has 2 aromatic heterocycles. The molecule has 0 bridgehead atoms. The summed E-state index contributed by atoms with van der Waals surface area (Å²) in [6.45, 7) is 8.36. The summed E-state index contributed by atoms with van der Waals surface area (Å²) in [5, 5.41) is 15.4. The predicted molar refractivity (Wildman–Crippen MR) is 98.4 cm³/mol. The first-order valence-corrected chi connectivity index (χ1v) is 8.45. The molecule has 0 saturated carbocycles. The van der Waals surface area contributed by atoms with Gasteiger partial charge >= 0.3 is 0 Å². The summed E-state index contributed by atoms with van der Waals surface area (Å²) in [7, 11) is 0. The van der Waals surface area contributed by atoms with Crippen molar-refractivity contribution in [1.82, 2.24) is 9.61 Å². The molecule has 3 rings (SSSR count). The van der Waals surface area contributed by atoms with Crippen LogP contribution in [0.15, 0.2) is 36.4 Å². The molecule has 0 N–H and O–H groups in total. The Bertz CT molecular complexity index is 955. The van der Waals surface area contributed by atoms with Gasteiger partial charge in [0.05, 0.1) is 16.8 Å². The first-order valence-electron chi connectivity index (χ1n) is 8.08. The third kappa shape index (κ3) is 2.68. The van der Waals surface area contributed by atoms with Gasteiger partial charge in [0, 0.05) is 21.7 Å². The van der Waals surface area contributed by atoms with Crippen molar-refractivity contribution in [2.24, 2.45) is 0 Å². The van der Waals surface area contributed by atoms with E-state index in [9.17, 15) is 5.26 Å². The van der Waals surface area contributed by atoms with Crippen LogP contribution in [0.5, 0.6) is 0 Å². The van der Waals surface area contributed by atoms with Crippen LogP contribution < -0.4 is 0 Å². The standard InChI is InChI=1S/C20H20ClN3/c1-5-15-9-10-17-18(13-7-6-8-14(21)11-13)16(12-22)19(20(2,3)4)23-24(15)17/h6-11H,5H2,1-4H3. The minimum Gasteiger partial charge on any atom is -0.237 e. The second-order valence-electron chi connectivity index (χ2n) is 6.95. The van der Waals surface area contributed by atoms with Gasteiger partial charge in [-0.2, -0.15) is 10.4 Å². The highest BCUT2D eigenvalue weighted by Gasteiger charge is 2.26. The highest BCUT2D eigenvalue weighted by atomic mass is 35.5. The van der Waals surface area contributed by atoms with E-state index in [4.69, 9.17) is 16.7 Å². The summed E-state index contributed by atoms with van der Waals surface area (Å²) in [6.07, 6.45) is 0.881. The zero-order valence-corrected chi connectivity index (χ0v) is 15.1. The molecule has 0 aliphatic carbocycles. The van der Waals surface area contributed by atoms with E-state index in [-0.39, 0.29) is 5.41 Å². The molecule has 4 heteroatoms. The molecule has 0 saturated heterocycles. The molecule has 1 aromatic carbocycles. The molecule has 0 aliphatic rings. The van der Waals surface area contributed by atoms with Crippen molar-refractivity contribution in [3.63, 3.8) is 0 Å². The van der Waals surface area contributed by atoms with E-state index in [0.717, 1.165) is 34.5 Å². The largest absolute Gasteiger partial charge is 0.237 e. The smallest absolute Gasteiger partial charge is 0.102 e. The lowest BCUT2D eigenvalue weighted by Crippen LogP contribution is -2.19. The van der Waals surface area contributed by atoms with Crippen LogP contribution in [0.4, 0.5) is 0 Å². The Labute approximate surface area is 147 Å². The average molecular weight is 338 g/mol. The van der Waals surface area contributed by atoms with Crippen LogP contribution in [-0.2, 0) is 11.8 Å². The zero-order chi connectivity index (χ0) is 17.5. The highest BCUT2D eigenvalue weighted by molar-refractivity contribution is 6.30. The molecule has 0 radical (unpaired) electrons. The molecule has 24 heavy (non-hydrogen) atoms. The lowest BCUT2D eigenvalue weighted by molar-refractivity contribution is 0.551. The van der Waals surface area contributed by atoms with E-state index in [0.29, 0.717) is 10.6 Å². The molecule has 0 amide bonds. The molecule has 2 heterocycles. The average Bonchev–Trinajstić information content (AvgIpc) is 2.94. The van der Waals surface area contributed by atoms with Crippen LogP contribution in [0.1, 0.15) is 44.6 Å². The van der Waals surface area contributed by atoms with Crippen molar-refractivity contribution < 1.29 is 0 Å². The number of fused-ring (bicyclic) bond motifs is 1. The normalized spacial score (nSPS) is 11.7. The number of aromatic nitrogens is 2. The first kappa shape index (κ1) is 16.5. The summed E-state index contributed by atoms with van der Waals surface area (Å²) < 4.78 is 1.97. The third-order valence-electron chi connectivity index (χ3n) is 4.17. The molecule has 122 valence electrons. The quantitative estimate of drug-likeness (QED) is 0.629. The topological polar surface area (TPSA) is 41.1 Å². The Morgan fingerprint density at radius 3 is 2.54 bits per heavy atom. The van der Waals surface area contributed by atoms with E-state index in [1.165, 1.54) is 0 Å². The highest BCUT2D eigenvalue weighted by Crippen LogP contribution is 2.36. The number of hydrogen-bond acceptors (Lipinski definition) is 2. The van der Waals surface area contributed by atoms with Gasteiger partial charge in [0.15, 0.2) is 0 Å². The molecule has 0 fully saturated rings. The number of rotatable bonds is 2. The maximum Gasteiger partial charge on any atom is 0.102 e. The minimum absolute atomic E-state index is 0.234. The predicted octanol–water partition coefficient (Wildman–Crippen LogP) is 5.39. The molecule has 0 aliphatic heterocycles. The number of aryl methyl sites for hydroxylation is 1. The third-order valence-corrected chi connectivity index (χ3v) is 4.41. The number of halogens is 1. The van der Waals surface area contributed by atoms with E-state index in [1.807, 2.05) is 34.8 Å². The van der Waals surface area contributed by atoms with Gasteiger partial charge in [0.2, 0.25) is 0 Å². The van der Waals surface area contributed by atoms with Crippen molar-refractivity contribution >= 4 is 17.1 Å². The van der Waals surface area contributed by atoms with E-state index >= 15 is 0 Å². The van der Waals surface area contributed by atoms with Gasteiger partial charge in [-0.1, -0.05) is 51.4 Å². The molecule has 3 aromatic rings. The number of nitrogens with zero attached hydrogens (tertiary/aromatic N) is 3. The van der Waals surface area contributed by atoms with Gasteiger partial charge in [-0.3, -0.25) is 0 Å². The van der Waals surface area contributed by atoms with Crippen LogP contribution in [0, 0.1) is 11.3 Å². The summed E-state index contributed by atoms with van der Waals surface area (Å²) in [5.41, 5.74) is 5.11. The van der Waals surface area contributed by atoms with Crippen molar-refractivity contribution in [3.8, 4) is 17.2 Å². The molecule has 0 atom stereocenters. The maximum absolute atomic E-state index is 9.88. The molecule has 3 nitrogen and oxygen atoms in total. The fourth-order valence-corrected chi connectivity index (χ4v) is 3.20. The number of hydrogen-bond donors (Lipinski definition) is 0. The summed E-state index contributed by atoms with van der Waals surface area (Å²) in [5.74, 6) is 0. The maximum atomic E-state index is 9.88. The van der Waals surface area contributed by atoms with Gasteiger partial charge < -0.3 is 0 Å². The Balaban J connectivity index is 2.50. The van der Waals surface area contributed by atoms with Crippen LogP contribution >= 0.6 is 11.6 Å². The summed E-state index contributed by atoms with van der Waals surface area (Å²) in [4.78, 5) is 0. The van der Waals surface area contributed by atoms with Crippen LogP contribution in [-0.4, -0.2) is 9.61 Å². The lowest BCUT2D eigenvalue weighted by atomic mass is 9.86. The summed E-state index contributed by atoms with van der Waals surface area (Å²) in [6, 6.07) is 14.2. The zero-order valence-electron chi connectivity index (χ0n) is 14.4. The molecular weight excluding hydrogens is 318 g/mol. The van der Waals surface area contributed by atoms with Gasteiger partial charge in [-0.25, -0.2) is 4.52 Å². The van der Waals surface area contributed by atoms with Gasteiger partial charge in [-0.05, 0) is 36.2 Å². The lowest BCUT2D eigenvalue weighted by Gasteiger charge is -2.22. The molecule has 0 spiro atoms. The van der Waals surface area contributed by atoms with Crippen molar-refractivity contribution in [1.29, 1.82) is 5.26 Å².